The average Bonchev–Trinajstić information content (AvgIpc) is 2.39. The van der Waals surface area contributed by atoms with E-state index in [4.69, 9.17) is 15.9 Å². The van der Waals surface area contributed by atoms with Gasteiger partial charge in [0.25, 0.3) is 0 Å². The van der Waals surface area contributed by atoms with E-state index in [1.165, 1.54) is 5.69 Å². The lowest BCUT2D eigenvalue weighted by atomic mass is 10.2. The molecule has 5 nitrogen and oxygen atoms in total. The lowest BCUT2D eigenvalue weighted by Gasteiger charge is -2.36. The summed E-state index contributed by atoms with van der Waals surface area (Å²) in [5.41, 5.74) is 6.65. The van der Waals surface area contributed by atoms with E-state index in [1.54, 1.807) is 7.11 Å². The maximum Gasteiger partial charge on any atom is 0.188 e. The quantitative estimate of drug-likeness (QED) is 0.625. The van der Waals surface area contributed by atoms with Gasteiger partial charge < -0.3 is 20.3 Å². The number of nitrogens with zero attached hydrogens (tertiary/aromatic N) is 2. The molecule has 18 heavy (non-hydrogen) atoms. The fourth-order valence-electron chi connectivity index (χ4n) is 2.00. The molecular formula is C12H19ClN4O. The van der Waals surface area contributed by atoms with Gasteiger partial charge in [0.05, 0.1) is 7.11 Å². The molecule has 0 bridgehead atoms. The van der Waals surface area contributed by atoms with Crippen LogP contribution in [0.5, 0.6) is 5.75 Å². The van der Waals surface area contributed by atoms with E-state index < -0.39 is 0 Å². The van der Waals surface area contributed by atoms with Crippen molar-refractivity contribution in [3.05, 3.63) is 24.3 Å². The summed E-state index contributed by atoms with van der Waals surface area (Å²) >= 11 is 0. The van der Waals surface area contributed by atoms with Crippen molar-refractivity contribution in [2.45, 2.75) is 0 Å². The summed E-state index contributed by atoms with van der Waals surface area (Å²) in [6.45, 7) is 3.40. The Hall–Kier alpha value is -1.62. The molecule has 1 saturated heterocycles. The van der Waals surface area contributed by atoms with E-state index in [0.717, 1.165) is 31.9 Å². The van der Waals surface area contributed by atoms with E-state index in [1.807, 2.05) is 17.0 Å². The third kappa shape index (κ3) is 3.20. The number of guanidine groups is 1. The van der Waals surface area contributed by atoms with Crippen molar-refractivity contribution in [3.8, 4) is 5.75 Å². The van der Waals surface area contributed by atoms with Crippen molar-refractivity contribution >= 4 is 24.1 Å². The molecule has 0 radical (unpaired) electrons. The average molecular weight is 271 g/mol. The zero-order chi connectivity index (χ0) is 12.3. The van der Waals surface area contributed by atoms with Crippen molar-refractivity contribution in [3.63, 3.8) is 0 Å². The van der Waals surface area contributed by atoms with Crippen LogP contribution in [0.4, 0.5) is 5.69 Å². The van der Waals surface area contributed by atoms with Gasteiger partial charge in [0, 0.05) is 31.9 Å². The van der Waals surface area contributed by atoms with Gasteiger partial charge in [-0.1, -0.05) is 0 Å². The molecule has 0 unspecified atom stereocenters. The minimum Gasteiger partial charge on any atom is -0.497 e. The molecule has 0 amide bonds. The molecule has 1 aromatic carbocycles. The number of methoxy groups -OCH3 is 1. The van der Waals surface area contributed by atoms with Gasteiger partial charge in [-0.3, -0.25) is 5.41 Å². The van der Waals surface area contributed by atoms with Gasteiger partial charge in [-0.2, -0.15) is 0 Å². The second-order valence-electron chi connectivity index (χ2n) is 4.06. The number of nitrogens with one attached hydrogen (secondary N) is 1. The second-order valence-corrected chi connectivity index (χ2v) is 4.06. The van der Waals surface area contributed by atoms with Crippen LogP contribution < -0.4 is 15.4 Å². The van der Waals surface area contributed by atoms with Crippen LogP contribution in [0.25, 0.3) is 0 Å². The summed E-state index contributed by atoms with van der Waals surface area (Å²) in [4.78, 5) is 4.18. The topological polar surface area (TPSA) is 65.6 Å². The van der Waals surface area contributed by atoms with Gasteiger partial charge >= 0.3 is 0 Å². The third-order valence-electron chi connectivity index (χ3n) is 3.06. The second kappa shape index (κ2) is 6.35. The molecule has 1 aliphatic rings. The highest BCUT2D eigenvalue weighted by Gasteiger charge is 2.17. The first-order valence-electron chi connectivity index (χ1n) is 5.68. The highest BCUT2D eigenvalue weighted by Crippen LogP contribution is 2.20. The van der Waals surface area contributed by atoms with E-state index in [9.17, 15) is 0 Å². The lowest BCUT2D eigenvalue weighted by Crippen LogP contribution is -2.50. The minimum atomic E-state index is 0. The van der Waals surface area contributed by atoms with Crippen LogP contribution in [0.15, 0.2) is 24.3 Å². The van der Waals surface area contributed by atoms with E-state index in [2.05, 4.69) is 17.0 Å². The molecule has 0 spiro atoms. The number of anilines is 1. The molecule has 1 heterocycles. The largest absolute Gasteiger partial charge is 0.497 e. The molecule has 1 fully saturated rings. The fourth-order valence-corrected chi connectivity index (χ4v) is 2.00. The molecule has 1 aromatic rings. The third-order valence-corrected chi connectivity index (χ3v) is 3.06. The summed E-state index contributed by atoms with van der Waals surface area (Å²) in [6, 6.07) is 8.05. The fraction of sp³-hybridized carbons (Fsp3) is 0.417. The molecule has 0 aliphatic carbocycles. The summed E-state index contributed by atoms with van der Waals surface area (Å²) in [6.07, 6.45) is 0. The zero-order valence-corrected chi connectivity index (χ0v) is 11.2. The molecule has 6 heteroatoms. The summed E-state index contributed by atoms with van der Waals surface area (Å²) in [5, 5.41) is 7.38. The van der Waals surface area contributed by atoms with Crippen LogP contribution in [0.3, 0.4) is 0 Å². The Morgan fingerprint density at radius 3 is 2.17 bits per heavy atom. The predicted octanol–water partition coefficient (Wildman–Crippen LogP) is 1.13. The summed E-state index contributed by atoms with van der Waals surface area (Å²) in [7, 11) is 1.67. The van der Waals surface area contributed by atoms with Gasteiger partial charge in [0.1, 0.15) is 5.75 Å². The monoisotopic (exact) mass is 270 g/mol. The Kier molecular flexibility index (Phi) is 5.09. The first-order chi connectivity index (χ1) is 8.20. The van der Waals surface area contributed by atoms with E-state index in [0.29, 0.717) is 0 Å². The Labute approximate surface area is 113 Å². The summed E-state index contributed by atoms with van der Waals surface area (Å²) < 4.78 is 5.13. The minimum absolute atomic E-state index is 0. The van der Waals surface area contributed by atoms with Crippen molar-refractivity contribution in [1.82, 2.24) is 4.90 Å². The highest BCUT2D eigenvalue weighted by atomic mass is 35.5. The van der Waals surface area contributed by atoms with Crippen LogP contribution in [0.1, 0.15) is 0 Å². The lowest BCUT2D eigenvalue weighted by molar-refractivity contribution is 0.380. The number of hydrogen-bond donors (Lipinski definition) is 2. The number of rotatable bonds is 2. The number of nitrogens with two attached hydrogens (primary N) is 1. The van der Waals surface area contributed by atoms with E-state index in [-0.39, 0.29) is 18.4 Å². The SMILES string of the molecule is COc1ccc(N2CCN(C(=N)N)CC2)cc1.Cl. The van der Waals surface area contributed by atoms with Crippen LogP contribution in [0, 0.1) is 5.41 Å². The Morgan fingerprint density at radius 1 is 1.17 bits per heavy atom. The first kappa shape index (κ1) is 14.4. The van der Waals surface area contributed by atoms with Gasteiger partial charge in [-0.15, -0.1) is 12.4 Å². The molecule has 2 rings (SSSR count). The van der Waals surface area contributed by atoms with Gasteiger partial charge in [0.15, 0.2) is 5.96 Å². The van der Waals surface area contributed by atoms with Gasteiger partial charge in [0.2, 0.25) is 0 Å². The molecule has 0 atom stereocenters. The maximum absolute atomic E-state index is 7.38. The molecule has 0 aromatic heterocycles. The first-order valence-corrected chi connectivity index (χ1v) is 5.68. The number of ether oxygens (including phenoxy) is 1. The standard InChI is InChI=1S/C12H18N4O.ClH/c1-17-11-4-2-10(3-5-11)15-6-8-16(9-7-15)12(13)14;/h2-5H,6-9H2,1H3,(H3,13,14);1H. The van der Waals surface area contributed by atoms with Crippen molar-refractivity contribution in [2.75, 3.05) is 38.2 Å². The molecule has 0 saturated carbocycles. The number of piperazine rings is 1. The zero-order valence-electron chi connectivity index (χ0n) is 10.4. The van der Waals surface area contributed by atoms with Gasteiger partial charge in [-0.25, -0.2) is 0 Å². The Balaban J connectivity index is 0.00000162. The maximum atomic E-state index is 7.38. The highest BCUT2D eigenvalue weighted by molar-refractivity contribution is 5.85. The van der Waals surface area contributed by atoms with Crippen LogP contribution in [-0.2, 0) is 0 Å². The molecular weight excluding hydrogens is 252 g/mol. The number of benzene rings is 1. The smallest absolute Gasteiger partial charge is 0.188 e. The Morgan fingerprint density at radius 2 is 1.72 bits per heavy atom. The van der Waals surface area contributed by atoms with Crippen LogP contribution in [-0.4, -0.2) is 44.1 Å². The predicted molar refractivity (Wildman–Crippen MR) is 75.9 cm³/mol. The van der Waals surface area contributed by atoms with Crippen molar-refractivity contribution < 1.29 is 4.74 Å². The number of halogens is 1. The summed E-state index contributed by atoms with van der Waals surface area (Å²) in [5.74, 6) is 1.04. The van der Waals surface area contributed by atoms with Crippen LogP contribution in [0.2, 0.25) is 0 Å². The van der Waals surface area contributed by atoms with Crippen molar-refractivity contribution in [1.29, 1.82) is 5.41 Å². The Bertz CT molecular complexity index is 388. The van der Waals surface area contributed by atoms with Crippen molar-refractivity contribution in [2.24, 2.45) is 5.73 Å². The number of hydrogen-bond acceptors (Lipinski definition) is 3. The molecule has 3 N–H and O–H groups in total. The normalized spacial score (nSPS) is 14.9. The van der Waals surface area contributed by atoms with Crippen LogP contribution >= 0.6 is 12.4 Å². The van der Waals surface area contributed by atoms with Gasteiger partial charge in [-0.05, 0) is 24.3 Å². The van der Waals surface area contributed by atoms with E-state index >= 15 is 0 Å². The molecule has 100 valence electrons. The molecule has 1 aliphatic heterocycles.